The van der Waals surface area contributed by atoms with E-state index in [1.54, 1.807) is 23.5 Å². The van der Waals surface area contributed by atoms with Crippen LogP contribution < -0.4 is 5.32 Å². The zero-order chi connectivity index (χ0) is 17.2. The molecule has 2 aromatic rings. The minimum atomic E-state index is -3.47. The van der Waals surface area contributed by atoms with Gasteiger partial charge in [0.05, 0.1) is 18.1 Å². The fraction of sp³-hybridized carbons (Fsp3) is 0.412. The van der Waals surface area contributed by atoms with Crippen LogP contribution >= 0.6 is 11.3 Å². The van der Waals surface area contributed by atoms with Gasteiger partial charge in [-0.2, -0.15) is 4.31 Å². The molecule has 0 amide bonds. The Morgan fingerprint density at radius 3 is 2.58 bits per heavy atom. The summed E-state index contributed by atoms with van der Waals surface area (Å²) in [7, 11) is -3.47. The van der Waals surface area contributed by atoms with Gasteiger partial charge in [-0.25, -0.2) is 8.42 Å². The van der Waals surface area contributed by atoms with Crippen molar-refractivity contribution >= 4 is 27.0 Å². The van der Waals surface area contributed by atoms with E-state index in [4.69, 9.17) is 4.74 Å². The lowest BCUT2D eigenvalue weighted by Gasteiger charge is -2.26. The SMILES string of the molecule is Cc1ccc(S(=O)(=O)N2CCOCC2)cc1NCc1sccc1C. The van der Waals surface area contributed by atoms with Crippen molar-refractivity contribution in [3.63, 3.8) is 0 Å². The van der Waals surface area contributed by atoms with E-state index in [-0.39, 0.29) is 0 Å². The van der Waals surface area contributed by atoms with Crippen molar-refractivity contribution in [2.75, 3.05) is 31.6 Å². The first kappa shape index (κ1) is 17.4. The van der Waals surface area contributed by atoms with Gasteiger partial charge in [-0.1, -0.05) is 6.07 Å². The second-order valence-corrected chi connectivity index (χ2v) is 8.81. The second kappa shape index (κ2) is 7.23. The summed E-state index contributed by atoms with van der Waals surface area (Å²) in [6, 6.07) is 7.37. The van der Waals surface area contributed by atoms with Gasteiger partial charge in [0.2, 0.25) is 10.0 Å². The van der Waals surface area contributed by atoms with Crippen molar-refractivity contribution in [3.8, 4) is 0 Å². The van der Waals surface area contributed by atoms with E-state index in [0.29, 0.717) is 37.7 Å². The maximum absolute atomic E-state index is 12.8. The quantitative estimate of drug-likeness (QED) is 0.884. The van der Waals surface area contributed by atoms with Crippen LogP contribution in [0.3, 0.4) is 0 Å². The first-order chi connectivity index (χ1) is 11.5. The number of nitrogens with zero attached hydrogens (tertiary/aromatic N) is 1. The molecule has 1 aromatic carbocycles. The summed E-state index contributed by atoms with van der Waals surface area (Å²) in [4.78, 5) is 1.59. The summed E-state index contributed by atoms with van der Waals surface area (Å²) in [6.07, 6.45) is 0. The monoisotopic (exact) mass is 366 g/mol. The number of morpholine rings is 1. The molecule has 1 saturated heterocycles. The summed E-state index contributed by atoms with van der Waals surface area (Å²) in [5.41, 5.74) is 3.14. The van der Waals surface area contributed by atoms with Crippen LogP contribution in [-0.2, 0) is 21.3 Å². The van der Waals surface area contributed by atoms with Crippen LogP contribution in [0.5, 0.6) is 0 Å². The van der Waals surface area contributed by atoms with E-state index < -0.39 is 10.0 Å². The Morgan fingerprint density at radius 1 is 1.17 bits per heavy atom. The summed E-state index contributed by atoms with van der Waals surface area (Å²) in [5.74, 6) is 0. The molecular weight excluding hydrogens is 344 g/mol. The number of benzene rings is 1. The fourth-order valence-electron chi connectivity index (χ4n) is 2.65. The zero-order valence-electron chi connectivity index (χ0n) is 13.9. The number of anilines is 1. The summed E-state index contributed by atoms with van der Waals surface area (Å²) in [6.45, 7) is 6.49. The Bertz CT molecular complexity index is 809. The average Bonchev–Trinajstić information content (AvgIpc) is 3.00. The summed E-state index contributed by atoms with van der Waals surface area (Å²) >= 11 is 1.70. The number of hydrogen-bond acceptors (Lipinski definition) is 5. The molecular formula is C17H22N2O3S2. The van der Waals surface area contributed by atoms with E-state index in [0.717, 1.165) is 11.3 Å². The van der Waals surface area contributed by atoms with E-state index in [2.05, 4.69) is 23.7 Å². The smallest absolute Gasteiger partial charge is 0.243 e. The standard InChI is InChI=1S/C17H22N2O3S2/c1-13-3-4-15(24(20,21)19-6-8-22-9-7-19)11-16(13)18-12-17-14(2)5-10-23-17/h3-5,10-11,18H,6-9,12H2,1-2H3. The first-order valence-corrected chi connectivity index (χ1v) is 10.3. The van der Waals surface area contributed by atoms with E-state index in [1.165, 1.54) is 14.7 Å². The van der Waals surface area contributed by atoms with Gasteiger partial charge in [-0.3, -0.25) is 0 Å². The molecule has 0 bridgehead atoms. The molecule has 24 heavy (non-hydrogen) atoms. The van der Waals surface area contributed by atoms with Crippen LogP contribution in [-0.4, -0.2) is 39.0 Å². The third-order valence-corrected chi connectivity index (χ3v) is 7.14. The van der Waals surface area contributed by atoms with Crippen molar-refractivity contribution in [2.45, 2.75) is 25.3 Å². The summed E-state index contributed by atoms with van der Waals surface area (Å²) < 4.78 is 32.3. The van der Waals surface area contributed by atoms with Crippen LogP contribution in [0.25, 0.3) is 0 Å². The normalized spacial score (nSPS) is 16.2. The van der Waals surface area contributed by atoms with Crippen LogP contribution in [0, 0.1) is 13.8 Å². The van der Waals surface area contributed by atoms with Crippen molar-refractivity contribution in [2.24, 2.45) is 0 Å². The molecule has 3 rings (SSSR count). The molecule has 7 heteroatoms. The Balaban J connectivity index is 1.81. The maximum Gasteiger partial charge on any atom is 0.243 e. The number of thiophene rings is 1. The molecule has 1 fully saturated rings. The minimum Gasteiger partial charge on any atom is -0.380 e. The molecule has 0 saturated carbocycles. The zero-order valence-corrected chi connectivity index (χ0v) is 15.5. The Morgan fingerprint density at radius 2 is 1.92 bits per heavy atom. The third-order valence-electron chi connectivity index (χ3n) is 4.22. The topological polar surface area (TPSA) is 58.6 Å². The number of hydrogen-bond donors (Lipinski definition) is 1. The van der Waals surface area contributed by atoms with Crippen LogP contribution in [0.2, 0.25) is 0 Å². The van der Waals surface area contributed by atoms with Gasteiger partial charge in [0.15, 0.2) is 0 Å². The molecule has 0 atom stereocenters. The van der Waals surface area contributed by atoms with Crippen LogP contribution in [0.15, 0.2) is 34.5 Å². The Hall–Kier alpha value is -1.41. The van der Waals surface area contributed by atoms with Gasteiger partial charge in [-0.05, 0) is 48.6 Å². The summed E-state index contributed by atoms with van der Waals surface area (Å²) in [5, 5.41) is 5.44. The molecule has 0 aliphatic carbocycles. The highest BCUT2D eigenvalue weighted by Gasteiger charge is 2.26. The minimum absolute atomic E-state index is 0.334. The van der Waals surface area contributed by atoms with Crippen LogP contribution in [0.4, 0.5) is 5.69 Å². The highest BCUT2D eigenvalue weighted by molar-refractivity contribution is 7.89. The predicted molar refractivity (Wildman–Crippen MR) is 97.1 cm³/mol. The van der Waals surface area contributed by atoms with E-state index >= 15 is 0 Å². The van der Waals surface area contributed by atoms with Gasteiger partial charge in [0.1, 0.15) is 0 Å². The second-order valence-electron chi connectivity index (χ2n) is 5.87. The lowest BCUT2D eigenvalue weighted by Crippen LogP contribution is -2.40. The third kappa shape index (κ3) is 3.64. The maximum atomic E-state index is 12.8. The molecule has 130 valence electrons. The Labute approximate surface area is 147 Å². The van der Waals surface area contributed by atoms with Gasteiger partial charge < -0.3 is 10.1 Å². The van der Waals surface area contributed by atoms with Crippen LogP contribution in [0.1, 0.15) is 16.0 Å². The van der Waals surface area contributed by atoms with E-state index in [1.807, 2.05) is 13.0 Å². The molecule has 1 aromatic heterocycles. The number of sulfonamides is 1. The number of ether oxygens (including phenoxy) is 1. The van der Waals surface area contributed by atoms with E-state index in [9.17, 15) is 8.42 Å². The number of nitrogens with one attached hydrogen (secondary N) is 1. The molecule has 0 radical (unpaired) electrons. The van der Waals surface area contributed by atoms with Gasteiger partial charge >= 0.3 is 0 Å². The molecule has 5 nitrogen and oxygen atoms in total. The van der Waals surface area contributed by atoms with Crippen molar-refractivity contribution in [3.05, 3.63) is 45.6 Å². The van der Waals surface area contributed by atoms with Gasteiger partial charge in [-0.15, -0.1) is 11.3 Å². The molecule has 0 unspecified atom stereocenters. The largest absolute Gasteiger partial charge is 0.380 e. The molecule has 0 spiro atoms. The Kier molecular flexibility index (Phi) is 5.24. The van der Waals surface area contributed by atoms with Gasteiger partial charge in [0, 0.05) is 30.2 Å². The van der Waals surface area contributed by atoms with Crippen molar-refractivity contribution in [1.29, 1.82) is 0 Å². The van der Waals surface area contributed by atoms with Gasteiger partial charge in [0.25, 0.3) is 0 Å². The first-order valence-electron chi connectivity index (χ1n) is 7.94. The van der Waals surface area contributed by atoms with Crippen molar-refractivity contribution < 1.29 is 13.2 Å². The predicted octanol–water partition coefficient (Wildman–Crippen LogP) is 3.00. The molecule has 2 heterocycles. The lowest BCUT2D eigenvalue weighted by molar-refractivity contribution is 0.0730. The molecule has 1 aliphatic heterocycles. The molecule has 1 aliphatic rings. The number of aryl methyl sites for hydroxylation is 2. The lowest BCUT2D eigenvalue weighted by atomic mass is 10.2. The number of rotatable bonds is 5. The average molecular weight is 367 g/mol. The van der Waals surface area contributed by atoms with Crippen molar-refractivity contribution in [1.82, 2.24) is 4.31 Å². The molecule has 1 N–H and O–H groups in total. The highest BCUT2D eigenvalue weighted by atomic mass is 32.2. The fourth-order valence-corrected chi connectivity index (χ4v) is 4.93. The highest BCUT2D eigenvalue weighted by Crippen LogP contribution is 2.25.